The van der Waals surface area contributed by atoms with Crippen LogP contribution in [0.2, 0.25) is 0 Å². The quantitative estimate of drug-likeness (QED) is 0.816. The first kappa shape index (κ1) is 16.9. The van der Waals surface area contributed by atoms with Gasteiger partial charge in [-0.1, -0.05) is 13.8 Å². The molecular formula is C15H26N2O2S2. The maximum absolute atomic E-state index is 12.7. The molecule has 1 fully saturated rings. The number of sulfonamides is 1. The third-order valence-electron chi connectivity index (χ3n) is 3.97. The van der Waals surface area contributed by atoms with Crippen molar-refractivity contribution in [2.75, 3.05) is 19.6 Å². The number of nitrogens with zero attached hydrogens (tertiary/aromatic N) is 1. The third-order valence-corrected chi connectivity index (χ3v) is 6.93. The molecule has 0 saturated carbocycles. The Kier molecular flexibility index (Phi) is 6.22. The summed E-state index contributed by atoms with van der Waals surface area (Å²) in [6.45, 7) is 7.36. The van der Waals surface area contributed by atoms with E-state index in [0.717, 1.165) is 43.6 Å². The van der Waals surface area contributed by atoms with Crippen LogP contribution in [-0.2, 0) is 16.6 Å². The normalized spacial score (nSPS) is 21.3. The van der Waals surface area contributed by atoms with E-state index in [-0.39, 0.29) is 0 Å². The summed E-state index contributed by atoms with van der Waals surface area (Å²) in [5.41, 5.74) is 0. The molecule has 0 radical (unpaired) electrons. The summed E-state index contributed by atoms with van der Waals surface area (Å²) >= 11 is 1.53. The molecule has 1 unspecified atom stereocenters. The molecule has 6 heteroatoms. The topological polar surface area (TPSA) is 49.4 Å². The molecule has 0 aromatic carbocycles. The van der Waals surface area contributed by atoms with E-state index in [4.69, 9.17) is 0 Å². The van der Waals surface area contributed by atoms with Gasteiger partial charge in [0.2, 0.25) is 10.0 Å². The molecule has 2 heterocycles. The molecule has 2 rings (SSSR count). The summed E-state index contributed by atoms with van der Waals surface area (Å²) in [5.74, 6) is 0.626. The minimum atomic E-state index is -3.30. The molecule has 0 spiro atoms. The van der Waals surface area contributed by atoms with Crippen LogP contribution in [0.1, 0.15) is 44.4 Å². The molecular weight excluding hydrogens is 304 g/mol. The number of hydrogen-bond donors (Lipinski definition) is 1. The van der Waals surface area contributed by atoms with Gasteiger partial charge in [0, 0.05) is 29.9 Å². The summed E-state index contributed by atoms with van der Waals surface area (Å²) in [7, 11) is -3.30. The molecule has 0 amide bonds. The Morgan fingerprint density at radius 3 is 2.95 bits per heavy atom. The summed E-state index contributed by atoms with van der Waals surface area (Å²) in [5, 5.41) is 5.10. The van der Waals surface area contributed by atoms with Gasteiger partial charge < -0.3 is 5.32 Å². The van der Waals surface area contributed by atoms with Crippen molar-refractivity contribution >= 4 is 21.4 Å². The van der Waals surface area contributed by atoms with Crippen LogP contribution in [0.25, 0.3) is 0 Å². The predicted octanol–water partition coefficient (Wildman–Crippen LogP) is 3.06. The van der Waals surface area contributed by atoms with E-state index < -0.39 is 10.0 Å². The molecule has 4 nitrogen and oxygen atoms in total. The molecule has 0 aliphatic carbocycles. The Bertz CT molecular complexity index is 540. The van der Waals surface area contributed by atoms with Gasteiger partial charge in [-0.15, -0.1) is 11.3 Å². The number of thiophene rings is 1. The molecule has 1 aromatic heterocycles. The smallest absolute Gasteiger partial charge is 0.243 e. The van der Waals surface area contributed by atoms with Gasteiger partial charge in [0.05, 0.1) is 4.90 Å². The average Bonchev–Trinajstić information content (AvgIpc) is 2.81. The Hall–Kier alpha value is -0.430. The Balaban J connectivity index is 2.05. The largest absolute Gasteiger partial charge is 0.312 e. The molecule has 1 N–H and O–H groups in total. The minimum absolute atomic E-state index is 0.468. The van der Waals surface area contributed by atoms with E-state index >= 15 is 0 Å². The maximum Gasteiger partial charge on any atom is 0.243 e. The highest BCUT2D eigenvalue weighted by atomic mass is 32.2. The van der Waals surface area contributed by atoms with Crippen molar-refractivity contribution in [3.63, 3.8) is 0 Å². The van der Waals surface area contributed by atoms with E-state index in [9.17, 15) is 8.42 Å². The lowest BCUT2D eigenvalue weighted by atomic mass is 10.0. The van der Waals surface area contributed by atoms with Crippen LogP contribution in [0, 0.1) is 5.92 Å². The first-order valence-corrected chi connectivity index (χ1v) is 10.1. The van der Waals surface area contributed by atoms with Crippen LogP contribution in [0.4, 0.5) is 0 Å². The third kappa shape index (κ3) is 4.52. The fourth-order valence-electron chi connectivity index (χ4n) is 2.60. The van der Waals surface area contributed by atoms with Crippen molar-refractivity contribution in [3.05, 3.63) is 16.3 Å². The van der Waals surface area contributed by atoms with Crippen molar-refractivity contribution in [2.45, 2.75) is 51.0 Å². The molecule has 21 heavy (non-hydrogen) atoms. The fraction of sp³-hybridized carbons (Fsp3) is 0.733. The maximum atomic E-state index is 12.7. The van der Waals surface area contributed by atoms with E-state index in [1.54, 1.807) is 9.69 Å². The number of rotatable bonds is 6. The zero-order valence-corrected chi connectivity index (χ0v) is 14.6. The second kappa shape index (κ2) is 7.72. The zero-order chi connectivity index (χ0) is 15.3. The van der Waals surface area contributed by atoms with Crippen molar-refractivity contribution in [1.29, 1.82) is 0 Å². The van der Waals surface area contributed by atoms with Crippen molar-refractivity contribution in [2.24, 2.45) is 5.92 Å². The molecule has 1 aliphatic heterocycles. The lowest BCUT2D eigenvalue weighted by Crippen LogP contribution is -2.31. The summed E-state index contributed by atoms with van der Waals surface area (Å²) in [6, 6.07) is 1.83. The first-order chi connectivity index (χ1) is 10.0. The molecule has 120 valence electrons. The Labute approximate surface area is 132 Å². The van der Waals surface area contributed by atoms with Crippen LogP contribution in [-0.4, -0.2) is 32.4 Å². The Morgan fingerprint density at radius 2 is 2.19 bits per heavy atom. The highest BCUT2D eigenvalue weighted by Crippen LogP contribution is 2.26. The minimum Gasteiger partial charge on any atom is -0.312 e. The van der Waals surface area contributed by atoms with Crippen molar-refractivity contribution in [3.8, 4) is 0 Å². The zero-order valence-electron chi connectivity index (χ0n) is 13.0. The highest BCUT2D eigenvalue weighted by molar-refractivity contribution is 7.89. The van der Waals surface area contributed by atoms with Crippen LogP contribution in [0.5, 0.6) is 0 Å². The van der Waals surface area contributed by atoms with Gasteiger partial charge in [-0.3, -0.25) is 0 Å². The molecule has 1 saturated heterocycles. The molecule has 1 atom stereocenters. The van der Waals surface area contributed by atoms with Crippen molar-refractivity contribution in [1.82, 2.24) is 9.62 Å². The summed E-state index contributed by atoms with van der Waals surface area (Å²) in [6.07, 6.45) is 4.15. The number of hydrogen-bond acceptors (Lipinski definition) is 4. The second-order valence-electron chi connectivity index (χ2n) is 5.87. The fourth-order valence-corrected chi connectivity index (χ4v) is 5.33. The molecule has 1 aromatic rings. The lowest BCUT2D eigenvalue weighted by Gasteiger charge is -2.19. The molecule has 1 aliphatic rings. The second-order valence-corrected chi connectivity index (χ2v) is 8.80. The standard InChI is InChI=1S/C15H26N2O2S2/c1-3-7-16-11-14-10-15(12-20-14)21(18,19)17-8-4-5-13(2)6-9-17/h10,12-13,16H,3-9,11H2,1-2H3. The van der Waals surface area contributed by atoms with E-state index in [0.29, 0.717) is 23.9 Å². The highest BCUT2D eigenvalue weighted by Gasteiger charge is 2.27. The van der Waals surface area contributed by atoms with Gasteiger partial charge in [0.15, 0.2) is 0 Å². The Morgan fingerprint density at radius 1 is 1.38 bits per heavy atom. The van der Waals surface area contributed by atoms with E-state index in [1.807, 2.05) is 6.07 Å². The van der Waals surface area contributed by atoms with Crippen molar-refractivity contribution < 1.29 is 8.42 Å². The monoisotopic (exact) mass is 330 g/mol. The van der Waals surface area contributed by atoms with Gasteiger partial charge in [0.1, 0.15) is 0 Å². The van der Waals surface area contributed by atoms with Crippen LogP contribution in [0.15, 0.2) is 16.3 Å². The van der Waals surface area contributed by atoms with E-state index in [2.05, 4.69) is 19.2 Å². The van der Waals surface area contributed by atoms with Crippen LogP contribution < -0.4 is 5.32 Å². The van der Waals surface area contributed by atoms with E-state index in [1.165, 1.54) is 11.3 Å². The van der Waals surface area contributed by atoms with Gasteiger partial charge in [-0.05, 0) is 44.2 Å². The van der Waals surface area contributed by atoms with Crippen LogP contribution in [0.3, 0.4) is 0 Å². The van der Waals surface area contributed by atoms with Crippen LogP contribution >= 0.6 is 11.3 Å². The summed E-state index contributed by atoms with van der Waals surface area (Å²) in [4.78, 5) is 1.56. The summed E-state index contributed by atoms with van der Waals surface area (Å²) < 4.78 is 27.1. The lowest BCUT2D eigenvalue weighted by molar-refractivity contribution is 0.417. The number of nitrogens with one attached hydrogen (secondary N) is 1. The SMILES string of the molecule is CCCNCc1cc(S(=O)(=O)N2CCCC(C)CC2)cs1. The average molecular weight is 331 g/mol. The van der Waals surface area contributed by atoms with Gasteiger partial charge in [0.25, 0.3) is 0 Å². The predicted molar refractivity (Wildman–Crippen MR) is 88.1 cm³/mol. The van der Waals surface area contributed by atoms with Gasteiger partial charge >= 0.3 is 0 Å². The molecule has 0 bridgehead atoms. The van der Waals surface area contributed by atoms with Gasteiger partial charge in [-0.25, -0.2) is 8.42 Å². The van der Waals surface area contributed by atoms with Gasteiger partial charge in [-0.2, -0.15) is 4.31 Å². The first-order valence-electron chi connectivity index (χ1n) is 7.82.